The lowest BCUT2D eigenvalue weighted by atomic mass is 9.71. The van der Waals surface area contributed by atoms with Crippen molar-refractivity contribution >= 4 is 0 Å². The van der Waals surface area contributed by atoms with E-state index in [-0.39, 0.29) is 0 Å². The van der Waals surface area contributed by atoms with Gasteiger partial charge in [0.05, 0.1) is 12.3 Å². The van der Waals surface area contributed by atoms with Crippen LogP contribution in [0.4, 0.5) is 0 Å². The van der Waals surface area contributed by atoms with E-state index >= 15 is 0 Å². The zero-order valence-electron chi connectivity index (χ0n) is 12.2. The lowest BCUT2D eigenvalue weighted by Crippen LogP contribution is -2.37. The molecular weight excluding hydrogens is 222 g/mol. The zero-order valence-corrected chi connectivity index (χ0v) is 12.2. The summed E-state index contributed by atoms with van der Waals surface area (Å²) in [6.07, 6.45) is 7.06. The highest BCUT2D eigenvalue weighted by atomic mass is 16.3. The minimum Gasteiger partial charge on any atom is -0.468 e. The van der Waals surface area contributed by atoms with Gasteiger partial charge < -0.3 is 9.73 Å². The summed E-state index contributed by atoms with van der Waals surface area (Å²) in [5.41, 5.74) is 0.470. The first-order chi connectivity index (χ1) is 8.47. The molecule has 0 spiro atoms. The van der Waals surface area contributed by atoms with Crippen LogP contribution in [0.3, 0.4) is 0 Å². The van der Waals surface area contributed by atoms with E-state index < -0.39 is 0 Å². The van der Waals surface area contributed by atoms with E-state index in [1.54, 1.807) is 6.26 Å². The molecule has 2 heteroatoms. The molecule has 102 valence electrons. The van der Waals surface area contributed by atoms with E-state index in [0.29, 0.717) is 17.5 Å². The van der Waals surface area contributed by atoms with Crippen LogP contribution in [0.1, 0.15) is 65.2 Å². The Morgan fingerprint density at radius 1 is 1.22 bits per heavy atom. The maximum absolute atomic E-state index is 5.45. The Labute approximate surface area is 111 Å². The Morgan fingerprint density at radius 2 is 1.89 bits per heavy atom. The van der Waals surface area contributed by atoms with Crippen molar-refractivity contribution in [2.75, 3.05) is 0 Å². The molecule has 0 radical (unpaired) electrons. The van der Waals surface area contributed by atoms with Crippen molar-refractivity contribution in [1.82, 2.24) is 5.32 Å². The predicted octanol–water partition coefficient (Wildman–Crippen LogP) is 4.54. The molecule has 1 aliphatic carbocycles. The predicted molar refractivity (Wildman–Crippen MR) is 75.5 cm³/mol. The van der Waals surface area contributed by atoms with Crippen molar-refractivity contribution < 1.29 is 4.42 Å². The Hall–Kier alpha value is -0.760. The second kappa shape index (κ2) is 5.48. The quantitative estimate of drug-likeness (QED) is 0.851. The van der Waals surface area contributed by atoms with Gasteiger partial charge in [-0.25, -0.2) is 0 Å². The Kier molecular flexibility index (Phi) is 4.16. The zero-order chi connectivity index (χ0) is 13.2. The highest BCUT2D eigenvalue weighted by Gasteiger charge is 2.30. The number of nitrogens with one attached hydrogen (secondary N) is 1. The third kappa shape index (κ3) is 3.38. The molecule has 18 heavy (non-hydrogen) atoms. The molecule has 0 bridgehead atoms. The second-order valence-corrected chi connectivity index (χ2v) is 6.82. The van der Waals surface area contributed by atoms with Crippen molar-refractivity contribution in [3.63, 3.8) is 0 Å². The summed E-state index contributed by atoms with van der Waals surface area (Å²) in [4.78, 5) is 0. The molecule has 1 saturated carbocycles. The monoisotopic (exact) mass is 249 g/mol. The van der Waals surface area contributed by atoms with Crippen LogP contribution in [0.15, 0.2) is 22.8 Å². The molecule has 1 unspecified atom stereocenters. The van der Waals surface area contributed by atoms with E-state index in [2.05, 4.69) is 39.1 Å². The summed E-state index contributed by atoms with van der Waals surface area (Å²) in [7, 11) is 0. The molecule has 2 nitrogen and oxygen atoms in total. The molecule has 1 heterocycles. The molecule has 1 fully saturated rings. The number of hydrogen-bond acceptors (Lipinski definition) is 2. The average Bonchev–Trinajstić information content (AvgIpc) is 2.82. The van der Waals surface area contributed by atoms with E-state index in [9.17, 15) is 0 Å². The molecule has 0 amide bonds. The topological polar surface area (TPSA) is 25.2 Å². The van der Waals surface area contributed by atoms with Gasteiger partial charge in [0.2, 0.25) is 0 Å². The first-order valence-corrected chi connectivity index (χ1v) is 7.26. The fraction of sp³-hybridized carbons (Fsp3) is 0.750. The minimum atomic E-state index is 0.330. The van der Waals surface area contributed by atoms with Crippen molar-refractivity contribution in [3.8, 4) is 0 Å². The van der Waals surface area contributed by atoms with Gasteiger partial charge in [-0.3, -0.25) is 0 Å². The fourth-order valence-electron chi connectivity index (χ4n) is 3.10. The molecular formula is C16H27NO. The summed E-state index contributed by atoms with van der Waals surface area (Å²) in [5.74, 6) is 1.93. The Bertz CT molecular complexity index is 342. The summed E-state index contributed by atoms with van der Waals surface area (Å²) in [6, 6.07) is 5.00. The summed E-state index contributed by atoms with van der Waals surface area (Å²) >= 11 is 0. The standard InChI is InChI=1S/C16H27NO/c1-12(15-6-5-11-18-15)17-14-9-7-13(8-10-14)16(2,3)4/h5-6,11-14,17H,7-10H2,1-4H3. The molecule has 0 saturated heterocycles. The molecule has 0 aromatic carbocycles. The molecule has 2 rings (SSSR count). The van der Waals surface area contributed by atoms with E-state index in [4.69, 9.17) is 4.42 Å². The van der Waals surface area contributed by atoms with E-state index in [0.717, 1.165) is 11.7 Å². The third-order valence-electron chi connectivity index (χ3n) is 4.41. The first-order valence-electron chi connectivity index (χ1n) is 7.26. The van der Waals surface area contributed by atoms with Crippen LogP contribution in [0.2, 0.25) is 0 Å². The van der Waals surface area contributed by atoms with Gasteiger partial charge in [0.15, 0.2) is 0 Å². The SMILES string of the molecule is CC(NC1CCC(C(C)(C)C)CC1)c1ccco1. The molecule has 1 N–H and O–H groups in total. The van der Waals surface area contributed by atoms with Gasteiger partial charge in [-0.1, -0.05) is 20.8 Å². The maximum atomic E-state index is 5.45. The van der Waals surface area contributed by atoms with Crippen molar-refractivity contribution in [3.05, 3.63) is 24.2 Å². The van der Waals surface area contributed by atoms with Gasteiger partial charge in [0, 0.05) is 6.04 Å². The van der Waals surface area contributed by atoms with Crippen LogP contribution in [-0.4, -0.2) is 6.04 Å². The highest BCUT2D eigenvalue weighted by Crippen LogP contribution is 2.38. The normalized spacial score (nSPS) is 27.1. The van der Waals surface area contributed by atoms with E-state index in [1.807, 2.05) is 6.07 Å². The smallest absolute Gasteiger partial charge is 0.120 e. The molecule has 1 atom stereocenters. The van der Waals surface area contributed by atoms with Crippen LogP contribution in [0.5, 0.6) is 0 Å². The summed E-state index contributed by atoms with van der Waals surface area (Å²) in [6.45, 7) is 9.30. The summed E-state index contributed by atoms with van der Waals surface area (Å²) in [5, 5.41) is 3.70. The second-order valence-electron chi connectivity index (χ2n) is 6.82. The van der Waals surface area contributed by atoms with Gasteiger partial charge in [-0.05, 0) is 56.1 Å². The number of hydrogen-bond donors (Lipinski definition) is 1. The lowest BCUT2D eigenvalue weighted by molar-refractivity contribution is 0.155. The third-order valence-corrected chi connectivity index (χ3v) is 4.41. The number of rotatable bonds is 3. The maximum Gasteiger partial charge on any atom is 0.120 e. The van der Waals surface area contributed by atoms with Gasteiger partial charge in [-0.15, -0.1) is 0 Å². The van der Waals surface area contributed by atoms with Crippen molar-refractivity contribution in [2.24, 2.45) is 11.3 Å². The molecule has 0 aliphatic heterocycles. The van der Waals surface area contributed by atoms with E-state index in [1.165, 1.54) is 25.7 Å². The van der Waals surface area contributed by atoms with Crippen LogP contribution < -0.4 is 5.32 Å². The molecule has 1 aromatic heterocycles. The molecule has 1 aliphatic rings. The van der Waals surface area contributed by atoms with Crippen LogP contribution in [0.25, 0.3) is 0 Å². The van der Waals surface area contributed by atoms with Crippen LogP contribution in [-0.2, 0) is 0 Å². The van der Waals surface area contributed by atoms with Crippen LogP contribution in [0, 0.1) is 11.3 Å². The minimum absolute atomic E-state index is 0.330. The highest BCUT2D eigenvalue weighted by molar-refractivity contribution is 5.03. The average molecular weight is 249 g/mol. The van der Waals surface area contributed by atoms with Crippen LogP contribution >= 0.6 is 0 Å². The Morgan fingerprint density at radius 3 is 2.39 bits per heavy atom. The summed E-state index contributed by atoms with van der Waals surface area (Å²) < 4.78 is 5.45. The van der Waals surface area contributed by atoms with Crippen molar-refractivity contribution in [1.29, 1.82) is 0 Å². The molecule has 1 aromatic rings. The van der Waals surface area contributed by atoms with Gasteiger partial charge in [-0.2, -0.15) is 0 Å². The van der Waals surface area contributed by atoms with Gasteiger partial charge in [0.1, 0.15) is 5.76 Å². The van der Waals surface area contributed by atoms with Gasteiger partial charge in [0.25, 0.3) is 0 Å². The first kappa shape index (κ1) is 13.7. The number of furan rings is 1. The fourth-order valence-corrected chi connectivity index (χ4v) is 3.10. The lowest BCUT2D eigenvalue weighted by Gasteiger charge is -2.37. The Balaban J connectivity index is 1.80. The van der Waals surface area contributed by atoms with Crippen molar-refractivity contribution in [2.45, 2.75) is 65.5 Å². The largest absolute Gasteiger partial charge is 0.468 e. The van der Waals surface area contributed by atoms with Gasteiger partial charge >= 0.3 is 0 Å².